The SMILES string of the molecule is NC(Cc1ccccc1CF)C(=O)O. The molecule has 0 radical (unpaired) electrons. The van der Waals surface area contributed by atoms with Crippen LogP contribution < -0.4 is 5.73 Å². The van der Waals surface area contributed by atoms with Gasteiger partial charge in [-0.1, -0.05) is 24.3 Å². The average Bonchev–Trinajstić information content (AvgIpc) is 2.18. The lowest BCUT2D eigenvalue weighted by Crippen LogP contribution is -2.32. The lowest BCUT2D eigenvalue weighted by atomic mass is 10.0. The number of rotatable bonds is 4. The first-order chi connectivity index (χ1) is 6.65. The first-order valence-electron chi connectivity index (χ1n) is 4.26. The van der Waals surface area contributed by atoms with Gasteiger partial charge < -0.3 is 10.8 Å². The summed E-state index contributed by atoms with van der Waals surface area (Å²) in [6, 6.07) is 5.80. The van der Waals surface area contributed by atoms with Gasteiger partial charge in [0.1, 0.15) is 12.7 Å². The standard InChI is InChI=1S/C10H12FNO2/c11-6-8-4-2-1-3-7(8)5-9(12)10(13)14/h1-4,9H,5-6,12H2,(H,13,14). The Morgan fingerprint density at radius 3 is 2.50 bits per heavy atom. The van der Waals surface area contributed by atoms with E-state index in [1.807, 2.05) is 0 Å². The minimum Gasteiger partial charge on any atom is -0.480 e. The predicted octanol–water partition coefficient (Wildman–Crippen LogP) is 1.11. The molecule has 1 aromatic rings. The highest BCUT2D eigenvalue weighted by molar-refractivity contribution is 5.73. The highest BCUT2D eigenvalue weighted by Gasteiger charge is 2.13. The van der Waals surface area contributed by atoms with Crippen molar-refractivity contribution in [3.05, 3.63) is 35.4 Å². The summed E-state index contributed by atoms with van der Waals surface area (Å²) in [6.45, 7) is -0.595. The lowest BCUT2D eigenvalue weighted by Gasteiger charge is -2.09. The summed E-state index contributed by atoms with van der Waals surface area (Å²) in [5.74, 6) is -1.07. The van der Waals surface area contributed by atoms with Gasteiger partial charge in [-0.25, -0.2) is 4.39 Å². The van der Waals surface area contributed by atoms with Crippen LogP contribution in [0.2, 0.25) is 0 Å². The molecule has 0 aliphatic rings. The van der Waals surface area contributed by atoms with Gasteiger partial charge in [0, 0.05) is 0 Å². The molecule has 0 bridgehead atoms. The van der Waals surface area contributed by atoms with E-state index in [4.69, 9.17) is 10.8 Å². The number of carbonyl (C=O) groups is 1. The van der Waals surface area contributed by atoms with Crippen LogP contribution in [0.4, 0.5) is 4.39 Å². The second-order valence-electron chi connectivity index (χ2n) is 3.05. The van der Waals surface area contributed by atoms with Gasteiger partial charge in [0.05, 0.1) is 0 Å². The fraction of sp³-hybridized carbons (Fsp3) is 0.300. The zero-order chi connectivity index (χ0) is 10.6. The average molecular weight is 197 g/mol. The number of nitrogens with two attached hydrogens (primary N) is 1. The topological polar surface area (TPSA) is 63.3 Å². The van der Waals surface area contributed by atoms with E-state index in [-0.39, 0.29) is 6.42 Å². The Labute approximate surface area is 81.4 Å². The summed E-state index contributed by atoms with van der Waals surface area (Å²) >= 11 is 0. The molecule has 1 unspecified atom stereocenters. The van der Waals surface area contributed by atoms with Crippen molar-refractivity contribution in [3.63, 3.8) is 0 Å². The maximum absolute atomic E-state index is 12.4. The van der Waals surface area contributed by atoms with Gasteiger partial charge in [-0.3, -0.25) is 4.79 Å². The lowest BCUT2D eigenvalue weighted by molar-refractivity contribution is -0.138. The molecule has 0 saturated carbocycles. The summed E-state index contributed by atoms with van der Waals surface area (Å²) in [7, 11) is 0. The Kier molecular flexibility index (Phi) is 3.59. The number of hydrogen-bond donors (Lipinski definition) is 2. The summed E-state index contributed by atoms with van der Waals surface area (Å²) in [5.41, 5.74) is 6.51. The molecule has 4 heteroatoms. The molecule has 1 rings (SSSR count). The van der Waals surface area contributed by atoms with E-state index in [0.717, 1.165) is 0 Å². The maximum atomic E-state index is 12.4. The van der Waals surface area contributed by atoms with Crippen molar-refractivity contribution in [1.82, 2.24) is 0 Å². The quantitative estimate of drug-likeness (QED) is 0.760. The molecule has 0 aromatic heterocycles. The second kappa shape index (κ2) is 4.72. The second-order valence-corrected chi connectivity index (χ2v) is 3.05. The van der Waals surface area contributed by atoms with Gasteiger partial charge in [-0.2, -0.15) is 0 Å². The summed E-state index contributed by atoms with van der Waals surface area (Å²) < 4.78 is 12.4. The van der Waals surface area contributed by atoms with Crippen LogP contribution in [0.1, 0.15) is 11.1 Å². The van der Waals surface area contributed by atoms with Gasteiger partial charge in [0.15, 0.2) is 0 Å². The van der Waals surface area contributed by atoms with Crippen LogP contribution in [0.15, 0.2) is 24.3 Å². The van der Waals surface area contributed by atoms with E-state index in [1.54, 1.807) is 24.3 Å². The molecule has 0 amide bonds. The number of hydrogen-bond acceptors (Lipinski definition) is 2. The van der Waals surface area contributed by atoms with Crippen LogP contribution in [0.3, 0.4) is 0 Å². The van der Waals surface area contributed by atoms with Crippen molar-refractivity contribution in [2.75, 3.05) is 0 Å². The van der Waals surface area contributed by atoms with Crippen molar-refractivity contribution < 1.29 is 14.3 Å². The Balaban J connectivity index is 2.80. The number of benzene rings is 1. The maximum Gasteiger partial charge on any atom is 0.320 e. The van der Waals surface area contributed by atoms with Crippen molar-refractivity contribution in [2.24, 2.45) is 5.73 Å². The molecule has 0 aliphatic heterocycles. The fourth-order valence-electron chi connectivity index (χ4n) is 1.21. The van der Waals surface area contributed by atoms with Crippen LogP contribution >= 0.6 is 0 Å². The highest BCUT2D eigenvalue weighted by atomic mass is 19.1. The minimum atomic E-state index is -1.07. The Morgan fingerprint density at radius 2 is 2.00 bits per heavy atom. The van der Waals surface area contributed by atoms with Gasteiger partial charge in [-0.05, 0) is 17.5 Å². The van der Waals surface area contributed by atoms with E-state index >= 15 is 0 Å². The number of carboxylic acids is 1. The molecule has 0 aliphatic carbocycles. The molecular formula is C10H12FNO2. The monoisotopic (exact) mass is 197 g/mol. The smallest absolute Gasteiger partial charge is 0.320 e. The fourth-order valence-corrected chi connectivity index (χ4v) is 1.21. The van der Waals surface area contributed by atoms with Gasteiger partial charge in [-0.15, -0.1) is 0 Å². The van der Waals surface area contributed by atoms with Crippen LogP contribution in [-0.4, -0.2) is 17.1 Å². The molecule has 0 fully saturated rings. The van der Waals surface area contributed by atoms with E-state index in [2.05, 4.69) is 0 Å². The van der Waals surface area contributed by atoms with Crippen LogP contribution in [0, 0.1) is 0 Å². The van der Waals surface area contributed by atoms with Crippen LogP contribution in [-0.2, 0) is 17.9 Å². The number of aliphatic carboxylic acids is 1. The third kappa shape index (κ3) is 2.53. The first-order valence-corrected chi connectivity index (χ1v) is 4.26. The summed E-state index contributed by atoms with van der Waals surface area (Å²) in [5, 5.41) is 8.59. The number of alkyl halides is 1. The van der Waals surface area contributed by atoms with Crippen molar-refractivity contribution in [1.29, 1.82) is 0 Å². The third-order valence-corrected chi connectivity index (χ3v) is 2.02. The molecule has 0 spiro atoms. The van der Waals surface area contributed by atoms with Crippen molar-refractivity contribution >= 4 is 5.97 Å². The Morgan fingerprint density at radius 1 is 1.43 bits per heavy atom. The number of halogens is 1. The van der Waals surface area contributed by atoms with Gasteiger partial charge in [0.2, 0.25) is 0 Å². The van der Waals surface area contributed by atoms with Crippen LogP contribution in [0.25, 0.3) is 0 Å². The van der Waals surface area contributed by atoms with Crippen LogP contribution in [0.5, 0.6) is 0 Å². The minimum absolute atomic E-state index is 0.162. The van der Waals surface area contributed by atoms with Gasteiger partial charge in [0.25, 0.3) is 0 Å². The highest BCUT2D eigenvalue weighted by Crippen LogP contribution is 2.11. The molecule has 14 heavy (non-hydrogen) atoms. The summed E-state index contributed by atoms with van der Waals surface area (Å²) in [6.07, 6.45) is 0.162. The van der Waals surface area contributed by atoms with E-state index < -0.39 is 18.7 Å². The van der Waals surface area contributed by atoms with Gasteiger partial charge >= 0.3 is 5.97 Å². The molecule has 76 valence electrons. The molecule has 1 atom stereocenters. The largest absolute Gasteiger partial charge is 0.480 e. The molecule has 1 aromatic carbocycles. The summed E-state index contributed by atoms with van der Waals surface area (Å²) in [4.78, 5) is 10.5. The molecule has 3 N–H and O–H groups in total. The molecular weight excluding hydrogens is 185 g/mol. The van der Waals surface area contributed by atoms with E-state index in [9.17, 15) is 9.18 Å². The molecule has 0 saturated heterocycles. The number of carboxylic acid groups (broad SMARTS) is 1. The first kappa shape index (κ1) is 10.7. The zero-order valence-electron chi connectivity index (χ0n) is 7.61. The van der Waals surface area contributed by atoms with E-state index in [0.29, 0.717) is 11.1 Å². The zero-order valence-corrected chi connectivity index (χ0v) is 7.61. The third-order valence-electron chi connectivity index (χ3n) is 2.02. The molecule has 3 nitrogen and oxygen atoms in total. The Hall–Kier alpha value is -1.42. The van der Waals surface area contributed by atoms with Crippen molar-refractivity contribution in [3.8, 4) is 0 Å². The normalized spacial score (nSPS) is 12.4. The molecule has 0 heterocycles. The predicted molar refractivity (Wildman–Crippen MR) is 50.6 cm³/mol. The van der Waals surface area contributed by atoms with Crippen molar-refractivity contribution in [2.45, 2.75) is 19.1 Å². The van der Waals surface area contributed by atoms with E-state index in [1.165, 1.54) is 0 Å². The Bertz CT molecular complexity index is 328.